The maximum absolute atomic E-state index is 12.0. The first kappa shape index (κ1) is 16.3. The Morgan fingerprint density at radius 2 is 1.96 bits per heavy atom. The van der Waals surface area contributed by atoms with Gasteiger partial charge in [0.05, 0.1) is 11.3 Å². The summed E-state index contributed by atoms with van der Waals surface area (Å²) in [5, 5.41) is 3.31. The first-order valence-electron chi connectivity index (χ1n) is 7.67. The fourth-order valence-corrected chi connectivity index (χ4v) is 3.09. The molecule has 0 spiro atoms. The van der Waals surface area contributed by atoms with Crippen molar-refractivity contribution in [3.8, 4) is 11.5 Å². The summed E-state index contributed by atoms with van der Waals surface area (Å²) in [4.78, 5) is 16.5. The standard InChI is InChI=1S/C18H18N2O3S/c1-3-22-14-5-4-6-15-17(14)20-18(24-15)19-16(21)11-23-13-9-7-12(2)8-10-13/h4-10H,3,11H2,1-2H3,(H,19,20,21). The van der Waals surface area contributed by atoms with Crippen molar-refractivity contribution in [1.29, 1.82) is 0 Å². The van der Waals surface area contributed by atoms with E-state index in [1.54, 1.807) is 0 Å². The molecule has 1 N–H and O–H groups in total. The molecule has 0 saturated carbocycles. The molecule has 1 heterocycles. The van der Waals surface area contributed by atoms with E-state index >= 15 is 0 Å². The second-order valence-electron chi connectivity index (χ2n) is 5.20. The van der Waals surface area contributed by atoms with Gasteiger partial charge >= 0.3 is 0 Å². The number of para-hydroxylation sites is 1. The number of ether oxygens (including phenoxy) is 2. The molecule has 1 aromatic heterocycles. The largest absolute Gasteiger partial charge is 0.492 e. The number of thiazole rings is 1. The number of aromatic nitrogens is 1. The van der Waals surface area contributed by atoms with Gasteiger partial charge in [-0.2, -0.15) is 0 Å². The van der Waals surface area contributed by atoms with Crippen LogP contribution in [0.25, 0.3) is 10.2 Å². The minimum atomic E-state index is -0.243. The normalized spacial score (nSPS) is 10.6. The topological polar surface area (TPSA) is 60.5 Å². The van der Waals surface area contributed by atoms with Crippen LogP contribution in [-0.2, 0) is 4.79 Å². The Morgan fingerprint density at radius 1 is 1.17 bits per heavy atom. The molecular formula is C18H18N2O3S. The van der Waals surface area contributed by atoms with E-state index in [0.717, 1.165) is 21.5 Å². The SMILES string of the molecule is CCOc1cccc2sc(NC(=O)COc3ccc(C)cc3)nc12. The van der Waals surface area contributed by atoms with Gasteiger partial charge in [0.2, 0.25) is 0 Å². The fourth-order valence-electron chi connectivity index (χ4n) is 2.19. The third-order valence-electron chi connectivity index (χ3n) is 3.32. The average Bonchev–Trinajstić information content (AvgIpc) is 2.98. The summed E-state index contributed by atoms with van der Waals surface area (Å²) >= 11 is 1.41. The molecule has 0 fully saturated rings. The summed E-state index contributed by atoms with van der Waals surface area (Å²) in [5.74, 6) is 1.15. The van der Waals surface area contributed by atoms with Gasteiger partial charge in [0.1, 0.15) is 17.0 Å². The predicted molar refractivity (Wildman–Crippen MR) is 96.1 cm³/mol. The Labute approximate surface area is 144 Å². The first-order valence-corrected chi connectivity index (χ1v) is 8.49. The van der Waals surface area contributed by atoms with E-state index in [2.05, 4.69) is 10.3 Å². The molecule has 0 unspecified atom stereocenters. The monoisotopic (exact) mass is 342 g/mol. The lowest BCUT2D eigenvalue weighted by molar-refractivity contribution is -0.118. The zero-order valence-electron chi connectivity index (χ0n) is 13.5. The minimum Gasteiger partial charge on any atom is -0.492 e. The Bertz CT molecular complexity index is 843. The van der Waals surface area contributed by atoms with Crippen LogP contribution in [0.3, 0.4) is 0 Å². The molecular weight excluding hydrogens is 324 g/mol. The van der Waals surface area contributed by atoms with Crippen molar-refractivity contribution >= 4 is 32.6 Å². The number of carbonyl (C=O) groups excluding carboxylic acids is 1. The molecule has 0 bridgehead atoms. The van der Waals surface area contributed by atoms with Crippen molar-refractivity contribution in [1.82, 2.24) is 4.98 Å². The van der Waals surface area contributed by atoms with Crippen LogP contribution in [0, 0.1) is 6.92 Å². The van der Waals surface area contributed by atoms with Crippen LogP contribution in [0.5, 0.6) is 11.5 Å². The molecule has 0 saturated heterocycles. The van der Waals surface area contributed by atoms with Crippen LogP contribution in [0.1, 0.15) is 12.5 Å². The Hall–Kier alpha value is -2.60. The van der Waals surface area contributed by atoms with Crippen molar-refractivity contribution in [2.45, 2.75) is 13.8 Å². The molecule has 1 amide bonds. The summed E-state index contributed by atoms with van der Waals surface area (Å²) in [6.45, 7) is 4.44. The highest BCUT2D eigenvalue weighted by molar-refractivity contribution is 7.22. The highest BCUT2D eigenvalue weighted by Crippen LogP contribution is 2.32. The van der Waals surface area contributed by atoms with Crippen LogP contribution >= 0.6 is 11.3 Å². The van der Waals surface area contributed by atoms with Crippen molar-refractivity contribution in [2.75, 3.05) is 18.5 Å². The average molecular weight is 342 g/mol. The highest BCUT2D eigenvalue weighted by atomic mass is 32.1. The lowest BCUT2D eigenvalue weighted by atomic mass is 10.2. The molecule has 6 heteroatoms. The minimum absolute atomic E-state index is 0.0582. The van der Waals surface area contributed by atoms with Crippen molar-refractivity contribution in [2.24, 2.45) is 0 Å². The number of amides is 1. The van der Waals surface area contributed by atoms with Gasteiger partial charge in [-0.1, -0.05) is 35.1 Å². The van der Waals surface area contributed by atoms with E-state index in [1.807, 2.05) is 56.3 Å². The molecule has 0 aliphatic heterocycles. The molecule has 3 aromatic rings. The number of nitrogens with one attached hydrogen (secondary N) is 1. The number of nitrogens with zero attached hydrogens (tertiary/aromatic N) is 1. The predicted octanol–water partition coefficient (Wildman–Crippen LogP) is 4.02. The van der Waals surface area contributed by atoms with E-state index in [9.17, 15) is 4.79 Å². The maximum atomic E-state index is 12.0. The number of benzene rings is 2. The molecule has 24 heavy (non-hydrogen) atoms. The van der Waals surface area contributed by atoms with Gasteiger partial charge in [0, 0.05) is 0 Å². The van der Waals surface area contributed by atoms with Crippen LogP contribution in [0.2, 0.25) is 0 Å². The molecule has 0 aliphatic carbocycles. The van der Waals surface area contributed by atoms with Gasteiger partial charge in [0.15, 0.2) is 11.7 Å². The van der Waals surface area contributed by atoms with E-state index < -0.39 is 0 Å². The molecule has 2 aromatic carbocycles. The summed E-state index contributed by atoms with van der Waals surface area (Å²) in [6.07, 6.45) is 0. The van der Waals surface area contributed by atoms with Gasteiger partial charge in [0.25, 0.3) is 5.91 Å². The van der Waals surface area contributed by atoms with E-state index in [4.69, 9.17) is 9.47 Å². The number of anilines is 1. The second-order valence-corrected chi connectivity index (χ2v) is 6.24. The van der Waals surface area contributed by atoms with Gasteiger partial charge < -0.3 is 9.47 Å². The first-order chi connectivity index (χ1) is 11.7. The summed E-state index contributed by atoms with van der Waals surface area (Å²) in [7, 11) is 0. The number of aryl methyl sites for hydroxylation is 1. The van der Waals surface area contributed by atoms with Crippen LogP contribution in [0.4, 0.5) is 5.13 Å². The zero-order chi connectivity index (χ0) is 16.9. The van der Waals surface area contributed by atoms with Crippen LogP contribution in [-0.4, -0.2) is 24.1 Å². The smallest absolute Gasteiger partial charge is 0.264 e. The third kappa shape index (κ3) is 3.83. The van der Waals surface area contributed by atoms with E-state index in [1.165, 1.54) is 11.3 Å². The molecule has 124 valence electrons. The highest BCUT2D eigenvalue weighted by Gasteiger charge is 2.11. The number of hydrogen-bond acceptors (Lipinski definition) is 5. The number of fused-ring (bicyclic) bond motifs is 1. The van der Waals surface area contributed by atoms with Crippen molar-refractivity contribution < 1.29 is 14.3 Å². The number of carbonyl (C=O) groups is 1. The van der Waals surface area contributed by atoms with Gasteiger partial charge in [-0.25, -0.2) is 4.98 Å². The van der Waals surface area contributed by atoms with E-state index in [-0.39, 0.29) is 12.5 Å². The fraction of sp³-hybridized carbons (Fsp3) is 0.222. The molecule has 3 rings (SSSR count). The number of hydrogen-bond donors (Lipinski definition) is 1. The van der Waals surface area contributed by atoms with Crippen molar-refractivity contribution in [3.63, 3.8) is 0 Å². The van der Waals surface area contributed by atoms with Gasteiger partial charge in [-0.3, -0.25) is 10.1 Å². The summed E-state index contributed by atoms with van der Waals surface area (Å²) < 4.78 is 12.0. The lowest BCUT2D eigenvalue weighted by Crippen LogP contribution is -2.19. The molecule has 5 nitrogen and oxygen atoms in total. The zero-order valence-corrected chi connectivity index (χ0v) is 14.4. The quantitative estimate of drug-likeness (QED) is 0.735. The lowest BCUT2D eigenvalue weighted by Gasteiger charge is -2.05. The van der Waals surface area contributed by atoms with Crippen LogP contribution in [0.15, 0.2) is 42.5 Å². The van der Waals surface area contributed by atoms with Crippen molar-refractivity contribution in [3.05, 3.63) is 48.0 Å². The Balaban J connectivity index is 1.64. The third-order valence-corrected chi connectivity index (χ3v) is 4.26. The Morgan fingerprint density at radius 3 is 2.71 bits per heavy atom. The Kier molecular flexibility index (Phi) is 4.96. The summed E-state index contributed by atoms with van der Waals surface area (Å²) in [6, 6.07) is 13.3. The summed E-state index contributed by atoms with van der Waals surface area (Å²) in [5.41, 5.74) is 1.91. The van der Waals surface area contributed by atoms with Crippen LogP contribution < -0.4 is 14.8 Å². The number of rotatable bonds is 6. The van der Waals surface area contributed by atoms with Gasteiger partial charge in [-0.05, 0) is 38.1 Å². The van der Waals surface area contributed by atoms with Gasteiger partial charge in [-0.15, -0.1) is 0 Å². The second kappa shape index (κ2) is 7.31. The molecule has 0 aliphatic rings. The maximum Gasteiger partial charge on any atom is 0.264 e. The van der Waals surface area contributed by atoms with E-state index in [0.29, 0.717) is 17.5 Å². The molecule has 0 atom stereocenters. The molecule has 0 radical (unpaired) electrons.